The SMILES string of the molecule is CN=C(NCCOc1ccc(F)c(F)c1)N1CCCC(CC(N)=O)C1.I. The summed E-state index contributed by atoms with van der Waals surface area (Å²) in [5, 5.41) is 3.18. The van der Waals surface area contributed by atoms with Gasteiger partial charge in [0.2, 0.25) is 5.91 Å². The Bertz CT molecular complexity index is 631. The number of ether oxygens (including phenoxy) is 1. The highest BCUT2D eigenvalue weighted by Crippen LogP contribution is 2.19. The lowest BCUT2D eigenvalue weighted by atomic mass is 9.95. The van der Waals surface area contributed by atoms with Crippen LogP contribution in [0.5, 0.6) is 5.75 Å². The zero-order valence-corrected chi connectivity index (χ0v) is 17.0. The molecule has 0 spiro atoms. The summed E-state index contributed by atoms with van der Waals surface area (Å²) in [6.45, 7) is 2.33. The van der Waals surface area contributed by atoms with Crippen molar-refractivity contribution in [3.8, 4) is 5.75 Å². The summed E-state index contributed by atoms with van der Waals surface area (Å²) in [5.41, 5.74) is 5.28. The number of amides is 1. The Kier molecular flexibility index (Phi) is 9.60. The minimum Gasteiger partial charge on any atom is -0.492 e. The molecule has 1 atom stereocenters. The van der Waals surface area contributed by atoms with Crippen molar-refractivity contribution in [3.05, 3.63) is 29.8 Å². The molecule has 1 saturated heterocycles. The maximum Gasteiger partial charge on any atom is 0.217 e. The Hall–Kier alpha value is -1.65. The first-order chi connectivity index (χ1) is 12.0. The number of hydrogen-bond donors (Lipinski definition) is 2. The van der Waals surface area contributed by atoms with Crippen molar-refractivity contribution in [2.75, 3.05) is 33.3 Å². The first-order valence-electron chi connectivity index (χ1n) is 8.31. The predicted octanol–water partition coefficient (Wildman–Crippen LogP) is 2.12. The Morgan fingerprint density at radius 1 is 1.42 bits per heavy atom. The average Bonchev–Trinajstić information content (AvgIpc) is 2.57. The number of carbonyl (C=O) groups is 1. The fraction of sp³-hybridized carbons (Fsp3) is 0.529. The van der Waals surface area contributed by atoms with Crippen LogP contribution in [0.15, 0.2) is 23.2 Å². The van der Waals surface area contributed by atoms with Crippen LogP contribution in [0.1, 0.15) is 19.3 Å². The minimum absolute atomic E-state index is 0. The van der Waals surface area contributed by atoms with Gasteiger partial charge in [0.25, 0.3) is 0 Å². The molecule has 2 rings (SSSR count). The lowest BCUT2D eigenvalue weighted by Crippen LogP contribution is -2.48. The molecule has 1 aromatic rings. The number of hydrogen-bond acceptors (Lipinski definition) is 3. The first-order valence-corrected chi connectivity index (χ1v) is 8.31. The molecule has 1 amide bonds. The van der Waals surface area contributed by atoms with E-state index >= 15 is 0 Å². The predicted molar refractivity (Wildman–Crippen MR) is 107 cm³/mol. The van der Waals surface area contributed by atoms with Gasteiger partial charge in [0.05, 0.1) is 6.54 Å². The normalized spacial score (nSPS) is 17.4. The van der Waals surface area contributed by atoms with Gasteiger partial charge in [-0.3, -0.25) is 9.79 Å². The van der Waals surface area contributed by atoms with Gasteiger partial charge in [-0.05, 0) is 30.9 Å². The molecule has 0 saturated carbocycles. The summed E-state index contributed by atoms with van der Waals surface area (Å²) in [6, 6.07) is 3.43. The number of nitrogens with two attached hydrogens (primary N) is 1. The quantitative estimate of drug-likeness (QED) is 0.282. The van der Waals surface area contributed by atoms with Crippen LogP contribution in [-0.4, -0.2) is 50.1 Å². The van der Waals surface area contributed by atoms with E-state index < -0.39 is 11.6 Å². The van der Waals surface area contributed by atoms with Crippen LogP contribution in [0.4, 0.5) is 8.78 Å². The maximum absolute atomic E-state index is 13.1. The molecule has 1 heterocycles. The van der Waals surface area contributed by atoms with Crippen LogP contribution in [0.3, 0.4) is 0 Å². The fourth-order valence-electron chi connectivity index (χ4n) is 2.94. The van der Waals surface area contributed by atoms with E-state index in [1.165, 1.54) is 6.07 Å². The van der Waals surface area contributed by atoms with E-state index in [1.54, 1.807) is 7.05 Å². The van der Waals surface area contributed by atoms with Gasteiger partial charge < -0.3 is 20.7 Å². The third kappa shape index (κ3) is 6.93. The van der Waals surface area contributed by atoms with E-state index in [9.17, 15) is 13.6 Å². The van der Waals surface area contributed by atoms with Gasteiger partial charge in [0.1, 0.15) is 12.4 Å². The number of likely N-dealkylation sites (tertiary alicyclic amines) is 1. The van der Waals surface area contributed by atoms with Gasteiger partial charge >= 0.3 is 0 Å². The fourth-order valence-corrected chi connectivity index (χ4v) is 2.94. The minimum atomic E-state index is -0.935. The highest BCUT2D eigenvalue weighted by atomic mass is 127. The van der Waals surface area contributed by atoms with Crippen molar-refractivity contribution >= 4 is 35.8 Å². The van der Waals surface area contributed by atoms with Crippen molar-refractivity contribution in [2.45, 2.75) is 19.3 Å². The number of benzene rings is 1. The number of carbonyl (C=O) groups excluding carboxylic acids is 1. The molecular formula is C17H25F2IN4O2. The molecule has 9 heteroatoms. The van der Waals surface area contributed by atoms with Crippen LogP contribution >= 0.6 is 24.0 Å². The zero-order chi connectivity index (χ0) is 18.2. The Balaban J connectivity index is 0.00000338. The van der Waals surface area contributed by atoms with E-state index in [4.69, 9.17) is 10.5 Å². The smallest absolute Gasteiger partial charge is 0.217 e. The van der Waals surface area contributed by atoms with Crippen LogP contribution in [0.2, 0.25) is 0 Å². The van der Waals surface area contributed by atoms with Crippen LogP contribution in [0.25, 0.3) is 0 Å². The molecule has 1 aliphatic rings. The number of halogens is 3. The molecule has 1 aromatic carbocycles. The largest absolute Gasteiger partial charge is 0.492 e. The first kappa shape index (κ1) is 22.4. The van der Waals surface area contributed by atoms with Gasteiger partial charge in [-0.1, -0.05) is 0 Å². The van der Waals surface area contributed by atoms with Gasteiger partial charge in [-0.2, -0.15) is 0 Å². The number of nitrogens with zero attached hydrogens (tertiary/aromatic N) is 2. The Morgan fingerprint density at radius 3 is 2.85 bits per heavy atom. The molecule has 1 aliphatic heterocycles. The number of primary amides is 1. The van der Waals surface area contributed by atoms with Gasteiger partial charge in [-0.15, -0.1) is 24.0 Å². The van der Waals surface area contributed by atoms with E-state index in [2.05, 4.69) is 15.2 Å². The lowest BCUT2D eigenvalue weighted by molar-refractivity contribution is -0.119. The molecule has 1 unspecified atom stereocenters. The van der Waals surface area contributed by atoms with Crippen LogP contribution in [-0.2, 0) is 4.79 Å². The Labute approximate surface area is 169 Å². The maximum atomic E-state index is 13.1. The number of guanidine groups is 1. The van der Waals surface area contributed by atoms with Gasteiger partial charge in [-0.25, -0.2) is 8.78 Å². The molecule has 0 bridgehead atoms. The average molecular weight is 482 g/mol. The molecular weight excluding hydrogens is 457 g/mol. The molecule has 0 aromatic heterocycles. The summed E-state index contributed by atoms with van der Waals surface area (Å²) in [4.78, 5) is 17.4. The summed E-state index contributed by atoms with van der Waals surface area (Å²) in [6.07, 6.45) is 2.34. The molecule has 146 valence electrons. The molecule has 0 aliphatic carbocycles. The molecule has 3 N–H and O–H groups in total. The molecule has 1 fully saturated rings. The van der Waals surface area contributed by atoms with Gasteiger partial charge in [0.15, 0.2) is 17.6 Å². The van der Waals surface area contributed by atoms with Crippen LogP contribution < -0.4 is 15.8 Å². The van der Waals surface area contributed by atoms with Crippen molar-refractivity contribution < 1.29 is 18.3 Å². The van der Waals surface area contributed by atoms with Crippen molar-refractivity contribution in [2.24, 2.45) is 16.6 Å². The number of rotatable bonds is 6. The lowest BCUT2D eigenvalue weighted by Gasteiger charge is -2.34. The highest BCUT2D eigenvalue weighted by Gasteiger charge is 2.23. The highest BCUT2D eigenvalue weighted by molar-refractivity contribution is 14.0. The summed E-state index contributed by atoms with van der Waals surface area (Å²) < 4.78 is 31.4. The van der Waals surface area contributed by atoms with E-state index in [0.29, 0.717) is 13.0 Å². The third-order valence-electron chi connectivity index (χ3n) is 4.07. The number of nitrogens with one attached hydrogen (secondary N) is 1. The monoisotopic (exact) mass is 482 g/mol. The topological polar surface area (TPSA) is 80.0 Å². The summed E-state index contributed by atoms with van der Waals surface area (Å²) >= 11 is 0. The van der Waals surface area contributed by atoms with Gasteiger partial charge in [0, 0.05) is 32.6 Å². The second-order valence-corrected chi connectivity index (χ2v) is 6.02. The second kappa shape index (κ2) is 11.1. The number of aliphatic imine (C=N–C) groups is 1. The summed E-state index contributed by atoms with van der Waals surface area (Å²) in [5.74, 6) is -0.882. The van der Waals surface area contributed by atoms with E-state index in [0.717, 1.165) is 44.0 Å². The van der Waals surface area contributed by atoms with E-state index in [-0.39, 0.29) is 48.2 Å². The number of piperidine rings is 1. The third-order valence-corrected chi connectivity index (χ3v) is 4.07. The van der Waals surface area contributed by atoms with E-state index in [1.807, 2.05) is 0 Å². The van der Waals surface area contributed by atoms with Crippen LogP contribution in [0, 0.1) is 17.6 Å². The zero-order valence-electron chi connectivity index (χ0n) is 14.7. The van der Waals surface area contributed by atoms with Crippen molar-refractivity contribution in [1.82, 2.24) is 10.2 Å². The van der Waals surface area contributed by atoms with Crippen molar-refractivity contribution in [3.63, 3.8) is 0 Å². The van der Waals surface area contributed by atoms with Crippen molar-refractivity contribution in [1.29, 1.82) is 0 Å². The standard InChI is InChI=1S/C17H24F2N4O2.HI/c1-21-17(23-7-2-3-12(11-23)9-16(20)24)22-6-8-25-13-4-5-14(18)15(19)10-13;/h4-5,10,12H,2-3,6-9,11H2,1H3,(H2,20,24)(H,21,22);1H. The Morgan fingerprint density at radius 2 is 2.19 bits per heavy atom. The molecule has 6 nitrogen and oxygen atoms in total. The second-order valence-electron chi connectivity index (χ2n) is 6.02. The molecule has 26 heavy (non-hydrogen) atoms. The summed E-state index contributed by atoms with van der Waals surface area (Å²) in [7, 11) is 1.69. The molecule has 0 radical (unpaired) electrons.